The summed E-state index contributed by atoms with van der Waals surface area (Å²) in [4.78, 5) is 11.8. The van der Waals surface area contributed by atoms with Crippen molar-refractivity contribution in [2.24, 2.45) is 0 Å². The highest BCUT2D eigenvalue weighted by Crippen LogP contribution is 2.02. The Morgan fingerprint density at radius 1 is 1.53 bits per heavy atom. The zero-order valence-corrected chi connectivity index (χ0v) is 12.2. The molecule has 0 spiro atoms. The Balaban J connectivity index is 2.28. The Kier molecular flexibility index (Phi) is 5.49. The van der Waals surface area contributed by atoms with Crippen LogP contribution in [0.15, 0.2) is 18.5 Å². The first-order valence-electron chi connectivity index (χ1n) is 6.00. The smallest absolute Gasteiger partial charge is 0.244 e. The summed E-state index contributed by atoms with van der Waals surface area (Å²) in [6, 6.07) is 1.38. The van der Waals surface area contributed by atoms with Crippen LogP contribution in [0, 0.1) is 0 Å². The first-order chi connectivity index (χ1) is 8.82. The van der Waals surface area contributed by atoms with Crippen LogP contribution in [0.2, 0.25) is 0 Å². The van der Waals surface area contributed by atoms with Gasteiger partial charge in [-0.1, -0.05) is 0 Å². The average Bonchev–Trinajstić information content (AvgIpc) is 2.85. The predicted molar refractivity (Wildman–Crippen MR) is 72.0 cm³/mol. The first-order valence-corrected chi connectivity index (χ1v) is 7.85. The minimum Gasteiger partial charge on any atom is -0.354 e. The van der Waals surface area contributed by atoms with Crippen molar-refractivity contribution in [3.8, 4) is 0 Å². The molecule has 1 N–H and O–H groups in total. The number of rotatable bonds is 7. The molecule has 0 radical (unpaired) electrons. The fraction of sp³-hybridized carbons (Fsp3) is 0.636. The van der Waals surface area contributed by atoms with E-state index in [2.05, 4.69) is 10.4 Å². The van der Waals surface area contributed by atoms with E-state index < -0.39 is 10.0 Å². The fourth-order valence-corrected chi connectivity index (χ4v) is 1.92. The molecule has 0 unspecified atom stereocenters. The van der Waals surface area contributed by atoms with Crippen molar-refractivity contribution in [2.45, 2.75) is 19.4 Å². The molecular weight excluding hydrogens is 268 g/mol. The van der Waals surface area contributed by atoms with E-state index in [0.717, 1.165) is 6.26 Å². The van der Waals surface area contributed by atoms with Gasteiger partial charge in [0.15, 0.2) is 0 Å². The zero-order chi connectivity index (χ0) is 14.5. The van der Waals surface area contributed by atoms with Crippen molar-refractivity contribution in [3.05, 3.63) is 18.5 Å². The van der Waals surface area contributed by atoms with E-state index in [1.807, 2.05) is 0 Å². The Labute approximate surface area is 113 Å². The molecule has 1 heterocycles. The Bertz CT molecular complexity index is 498. The van der Waals surface area contributed by atoms with Gasteiger partial charge in [0.05, 0.1) is 6.26 Å². The maximum absolute atomic E-state index is 11.8. The molecule has 0 bridgehead atoms. The van der Waals surface area contributed by atoms with Crippen LogP contribution in [0.1, 0.15) is 19.4 Å². The van der Waals surface area contributed by atoms with Gasteiger partial charge in [-0.25, -0.2) is 12.7 Å². The lowest BCUT2D eigenvalue weighted by Gasteiger charge is -2.15. The van der Waals surface area contributed by atoms with E-state index in [0.29, 0.717) is 19.5 Å². The lowest BCUT2D eigenvalue weighted by molar-refractivity contribution is -0.124. The minimum absolute atomic E-state index is 0.134. The summed E-state index contributed by atoms with van der Waals surface area (Å²) in [5.41, 5.74) is 0. The highest BCUT2D eigenvalue weighted by molar-refractivity contribution is 7.88. The topological polar surface area (TPSA) is 84.3 Å². The van der Waals surface area contributed by atoms with Crippen molar-refractivity contribution in [2.75, 3.05) is 26.4 Å². The van der Waals surface area contributed by atoms with Gasteiger partial charge in [-0.2, -0.15) is 5.10 Å². The third-order valence-corrected chi connectivity index (χ3v) is 4.13. The molecule has 0 aliphatic carbocycles. The molecule has 1 aromatic heterocycles. The van der Waals surface area contributed by atoms with Gasteiger partial charge in [0.25, 0.3) is 0 Å². The highest BCUT2D eigenvalue weighted by Gasteiger charge is 2.14. The van der Waals surface area contributed by atoms with E-state index >= 15 is 0 Å². The molecule has 0 saturated carbocycles. The second kappa shape index (κ2) is 6.67. The summed E-state index contributed by atoms with van der Waals surface area (Å²) < 4.78 is 25.1. The number of hydrogen-bond acceptors (Lipinski definition) is 4. The summed E-state index contributed by atoms with van der Waals surface area (Å²) in [6.45, 7) is 2.57. The average molecular weight is 288 g/mol. The second-order valence-electron chi connectivity index (χ2n) is 4.39. The summed E-state index contributed by atoms with van der Waals surface area (Å²) in [5.74, 6) is -0.134. The van der Waals surface area contributed by atoms with Crippen molar-refractivity contribution < 1.29 is 13.2 Å². The van der Waals surface area contributed by atoms with Crippen molar-refractivity contribution in [3.63, 3.8) is 0 Å². The minimum atomic E-state index is -3.15. The number of nitrogens with zero attached hydrogens (tertiary/aromatic N) is 3. The Morgan fingerprint density at radius 3 is 2.74 bits per heavy atom. The van der Waals surface area contributed by atoms with Crippen LogP contribution in [0.5, 0.6) is 0 Å². The molecule has 1 atom stereocenters. The lowest BCUT2D eigenvalue weighted by atomic mass is 10.3. The maximum Gasteiger partial charge on any atom is 0.244 e. The van der Waals surface area contributed by atoms with Gasteiger partial charge in [-0.05, 0) is 19.4 Å². The number of hydrogen-bond donors (Lipinski definition) is 1. The van der Waals surface area contributed by atoms with Gasteiger partial charge in [0.1, 0.15) is 6.04 Å². The molecule has 1 amide bonds. The monoisotopic (exact) mass is 288 g/mol. The van der Waals surface area contributed by atoms with Gasteiger partial charge in [-0.15, -0.1) is 0 Å². The number of carbonyl (C=O) groups excluding carboxylic acids is 1. The van der Waals surface area contributed by atoms with E-state index in [1.54, 1.807) is 30.1 Å². The molecule has 0 aromatic carbocycles. The van der Waals surface area contributed by atoms with E-state index in [-0.39, 0.29) is 11.9 Å². The third kappa shape index (κ3) is 4.99. The molecule has 108 valence electrons. The van der Waals surface area contributed by atoms with Gasteiger partial charge >= 0.3 is 0 Å². The van der Waals surface area contributed by atoms with Crippen molar-refractivity contribution >= 4 is 15.9 Å². The molecule has 0 fully saturated rings. The quantitative estimate of drug-likeness (QED) is 0.707. The molecule has 1 rings (SSSR count). The SMILES string of the molecule is C[C@@H](C(=O)NCCCN(C)S(C)(=O)=O)n1cccn1. The Morgan fingerprint density at radius 2 is 2.21 bits per heavy atom. The second-order valence-corrected chi connectivity index (χ2v) is 6.48. The molecule has 0 saturated heterocycles. The number of carbonyl (C=O) groups is 1. The van der Waals surface area contributed by atoms with Gasteiger partial charge in [0, 0.05) is 32.5 Å². The van der Waals surface area contributed by atoms with Gasteiger partial charge < -0.3 is 5.32 Å². The molecule has 0 aliphatic heterocycles. The third-order valence-electron chi connectivity index (χ3n) is 2.82. The molecular formula is C11H20N4O3S. The molecule has 1 aromatic rings. The maximum atomic E-state index is 11.8. The van der Waals surface area contributed by atoms with E-state index in [9.17, 15) is 13.2 Å². The van der Waals surface area contributed by atoms with Crippen LogP contribution >= 0.6 is 0 Å². The summed E-state index contributed by atoms with van der Waals surface area (Å²) >= 11 is 0. The number of aromatic nitrogens is 2. The first kappa shape index (κ1) is 15.6. The summed E-state index contributed by atoms with van der Waals surface area (Å²) in [6.07, 6.45) is 5.07. The molecule has 8 heteroatoms. The molecule has 19 heavy (non-hydrogen) atoms. The fourth-order valence-electron chi connectivity index (χ4n) is 1.46. The van der Waals surface area contributed by atoms with Crippen LogP contribution in [0.25, 0.3) is 0 Å². The molecule has 0 aliphatic rings. The van der Waals surface area contributed by atoms with Crippen LogP contribution in [-0.2, 0) is 14.8 Å². The number of sulfonamides is 1. The highest BCUT2D eigenvalue weighted by atomic mass is 32.2. The van der Waals surface area contributed by atoms with Crippen LogP contribution in [-0.4, -0.2) is 54.8 Å². The number of amides is 1. The zero-order valence-electron chi connectivity index (χ0n) is 11.4. The standard InChI is InChI=1S/C11H20N4O3S/c1-10(15-9-5-7-13-15)11(16)12-6-4-8-14(2)19(3,17)18/h5,7,9-10H,4,6,8H2,1-3H3,(H,12,16)/t10-/m0/s1. The van der Waals surface area contributed by atoms with Gasteiger partial charge in [-0.3, -0.25) is 9.48 Å². The molecule has 7 nitrogen and oxygen atoms in total. The van der Waals surface area contributed by atoms with Crippen LogP contribution in [0.3, 0.4) is 0 Å². The van der Waals surface area contributed by atoms with Crippen molar-refractivity contribution in [1.82, 2.24) is 19.4 Å². The lowest BCUT2D eigenvalue weighted by Crippen LogP contribution is -2.34. The van der Waals surface area contributed by atoms with Crippen molar-refractivity contribution in [1.29, 1.82) is 0 Å². The largest absolute Gasteiger partial charge is 0.354 e. The van der Waals surface area contributed by atoms with Gasteiger partial charge in [0.2, 0.25) is 15.9 Å². The summed E-state index contributed by atoms with van der Waals surface area (Å²) in [5, 5.41) is 6.75. The normalized spacial score (nSPS) is 13.5. The predicted octanol–water partition coefficient (Wildman–Crippen LogP) is -0.158. The van der Waals surface area contributed by atoms with E-state index in [1.165, 1.54) is 11.4 Å². The van der Waals surface area contributed by atoms with Crippen LogP contribution in [0.4, 0.5) is 0 Å². The Hall–Kier alpha value is -1.41. The van der Waals surface area contributed by atoms with E-state index in [4.69, 9.17) is 0 Å². The van der Waals surface area contributed by atoms with Crippen LogP contribution < -0.4 is 5.32 Å². The number of nitrogens with one attached hydrogen (secondary N) is 1. The summed E-state index contributed by atoms with van der Waals surface area (Å²) in [7, 11) is -1.63.